The van der Waals surface area contributed by atoms with E-state index in [1.54, 1.807) is 0 Å². The van der Waals surface area contributed by atoms with Crippen molar-refractivity contribution in [2.75, 3.05) is 0 Å². The molecule has 2 aromatic rings. The summed E-state index contributed by atoms with van der Waals surface area (Å²) in [6.45, 7) is 4.06. The summed E-state index contributed by atoms with van der Waals surface area (Å²) >= 11 is -0.106. The molecule has 2 aromatic carbocycles. The van der Waals surface area contributed by atoms with E-state index >= 15 is 0 Å². The van der Waals surface area contributed by atoms with E-state index in [1.165, 1.54) is 11.1 Å². The van der Waals surface area contributed by atoms with Gasteiger partial charge in [0.15, 0.2) is 0 Å². The van der Waals surface area contributed by atoms with Gasteiger partial charge in [-0.25, -0.2) is 0 Å². The molecular formula is C14H14Cl2Pd-2. The summed E-state index contributed by atoms with van der Waals surface area (Å²) in [7, 11) is 9.63. The van der Waals surface area contributed by atoms with Gasteiger partial charge in [-0.2, -0.15) is 71.8 Å². The minimum atomic E-state index is -0.106. The zero-order chi connectivity index (χ0) is 12.9. The van der Waals surface area contributed by atoms with Crippen LogP contribution in [0, 0.1) is 26.0 Å². The molecule has 0 fully saturated rings. The van der Waals surface area contributed by atoms with Crippen molar-refractivity contribution in [3.8, 4) is 0 Å². The fourth-order valence-corrected chi connectivity index (χ4v) is 0.966. The molecule has 0 nitrogen and oxygen atoms in total. The van der Waals surface area contributed by atoms with Crippen LogP contribution in [0.25, 0.3) is 0 Å². The zero-order valence-corrected chi connectivity index (χ0v) is 12.8. The molecule has 0 heterocycles. The van der Waals surface area contributed by atoms with Crippen LogP contribution in [0.3, 0.4) is 0 Å². The maximum absolute atomic E-state index is 4.81. The summed E-state index contributed by atoms with van der Waals surface area (Å²) < 4.78 is 0. The third-order valence-corrected chi connectivity index (χ3v) is 1.73. The normalized spacial score (nSPS) is 8.47. The van der Waals surface area contributed by atoms with Crippen LogP contribution in [0.1, 0.15) is 11.1 Å². The Hall–Kier alpha value is -0.318. The van der Waals surface area contributed by atoms with Crippen molar-refractivity contribution < 1.29 is 15.9 Å². The Kier molecular flexibility index (Phi) is 11.9. The molecular weight excluding hydrogens is 345 g/mol. The summed E-state index contributed by atoms with van der Waals surface area (Å²) in [5, 5.41) is 0. The summed E-state index contributed by atoms with van der Waals surface area (Å²) in [4.78, 5) is 0. The van der Waals surface area contributed by atoms with E-state index < -0.39 is 0 Å². The van der Waals surface area contributed by atoms with Crippen LogP contribution < -0.4 is 0 Å². The quantitative estimate of drug-likeness (QED) is 0.460. The second kappa shape index (κ2) is 12.1. The molecule has 0 aliphatic heterocycles. The molecule has 17 heavy (non-hydrogen) atoms. The van der Waals surface area contributed by atoms with E-state index in [9.17, 15) is 0 Å². The van der Waals surface area contributed by atoms with Crippen LogP contribution >= 0.6 is 19.1 Å². The summed E-state index contributed by atoms with van der Waals surface area (Å²) in [6.07, 6.45) is 0. The van der Waals surface area contributed by atoms with E-state index in [4.69, 9.17) is 19.1 Å². The first kappa shape index (κ1) is 16.7. The standard InChI is InChI=1S/2C7H7.2ClH.Pd/c2*1-7-5-3-2-4-6-7;;;/h2*2-5H,1H3;2*1H;/q2*-1;;;+2/p-2. The van der Waals surface area contributed by atoms with Crippen LogP contribution in [0.5, 0.6) is 0 Å². The molecule has 96 valence electrons. The Morgan fingerprint density at radius 2 is 1.18 bits per heavy atom. The first-order chi connectivity index (χ1) is 8.20. The van der Waals surface area contributed by atoms with E-state index in [2.05, 4.69) is 12.1 Å². The third-order valence-electron chi connectivity index (χ3n) is 1.73. The van der Waals surface area contributed by atoms with Gasteiger partial charge in [0.25, 0.3) is 0 Å². The molecule has 0 atom stereocenters. The number of hydrogen-bond acceptors (Lipinski definition) is 0. The Morgan fingerprint density at radius 3 is 1.29 bits per heavy atom. The van der Waals surface area contributed by atoms with Crippen molar-refractivity contribution in [2.24, 2.45) is 0 Å². The molecule has 0 aliphatic carbocycles. The second-order valence-corrected chi connectivity index (χ2v) is 5.50. The molecule has 0 bridgehead atoms. The topological polar surface area (TPSA) is 0 Å². The number of benzene rings is 2. The molecule has 0 aromatic heterocycles. The fraction of sp³-hybridized carbons (Fsp3) is 0.143. The summed E-state index contributed by atoms with van der Waals surface area (Å²) in [5.74, 6) is 0. The Morgan fingerprint density at radius 1 is 0.824 bits per heavy atom. The van der Waals surface area contributed by atoms with Gasteiger partial charge < -0.3 is 0 Å². The van der Waals surface area contributed by atoms with Gasteiger partial charge in [-0.1, -0.05) is 13.8 Å². The van der Waals surface area contributed by atoms with Crippen molar-refractivity contribution in [3.63, 3.8) is 0 Å². The van der Waals surface area contributed by atoms with E-state index in [0.29, 0.717) is 0 Å². The third kappa shape index (κ3) is 11.9. The molecule has 0 amide bonds. The fourth-order valence-electron chi connectivity index (χ4n) is 0.966. The zero-order valence-electron chi connectivity index (χ0n) is 9.69. The predicted molar refractivity (Wildman–Crippen MR) is 71.7 cm³/mol. The van der Waals surface area contributed by atoms with Gasteiger partial charge >= 0.3 is 35.0 Å². The van der Waals surface area contributed by atoms with Gasteiger partial charge in [-0.3, -0.25) is 0 Å². The Labute approximate surface area is 120 Å². The summed E-state index contributed by atoms with van der Waals surface area (Å²) in [6, 6.07) is 21.9. The first-order valence-corrected chi connectivity index (χ1v) is 8.90. The molecule has 3 heteroatoms. The van der Waals surface area contributed by atoms with E-state index in [0.717, 1.165) is 0 Å². The molecule has 0 N–H and O–H groups in total. The predicted octanol–water partition coefficient (Wildman–Crippen LogP) is 4.97. The monoisotopic (exact) mass is 358 g/mol. The van der Waals surface area contributed by atoms with Crippen molar-refractivity contribution in [2.45, 2.75) is 13.8 Å². The van der Waals surface area contributed by atoms with Gasteiger partial charge in [-0.05, 0) is 0 Å². The molecule has 0 unspecified atom stereocenters. The van der Waals surface area contributed by atoms with Crippen molar-refractivity contribution in [3.05, 3.63) is 71.8 Å². The van der Waals surface area contributed by atoms with Crippen molar-refractivity contribution in [1.82, 2.24) is 0 Å². The Balaban J connectivity index is 0.000000247. The molecule has 2 rings (SSSR count). The van der Waals surface area contributed by atoms with Gasteiger partial charge in [-0.15, -0.1) is 0 Å². The number of hydrogen-bond donors (Lipinski definition) is 0. The SMILES string of the molecule is Cc1[c-]cccc1.Cc1[c-]cccc1.[Cl][Pd][Cl]. The van der Waals surface area contributed by atoms with Crippen molar-refractivity contribution >= 4 is 19.1 Å². The number of aryl methyl sites for hydroxylation is 2. The van der Waals surface area contributed by atoms with Gasteiger partial charge in [0.05, 0.1) is 0 Å². The van der Waals surface area contributed by atoms with Crippen LogP contribution in [-0.4, -0.2) is 0 Å². The minimum absolute atomic E-state index is 0.106. The maximum atomic E-state index is 4.81. The van der Waals surface area contributed by atoms with Crippen LogP contribution in [0.2, 0.25) is 0 Å². The van der Waals surface area contributed by atoms with Gasteiger partial charge in [0.1, 0.15) is 0 Å². The van der Waals surface area contributed by atoms with E-state index in [-0.39, 0.29) is 15.9 Å². The second-order valence-electron chi connectivity index (χ2n) is 3.14. The van der Waals surface area contributed by atoms with Gasteiger partial charge in [0, 0.05) is 0 Å². The number of halogens is 2. The molecule has 0 radical (unpaired) electrons. The number of rotatable bonds is 0. The molecule has 0 saturated carbocycles. The van der Waals surface area contributed by atoms with Crippen LogP contribution in [0.4, 0.5) is 0 Å². The van der Waals surface area contributed by atoms with Gasteiger partial charge in [0.2, 0.25) is 0 Å². The Bertz CT molecular complexity index is 325. The average Bonchev–Trinajstić information content (AvgIpc) is 2.33. The molecule has 0 aliphatic rings. The summed E-state index contributed by atoms with van der Waals surface area (Å²) in [5.41, 5.74) is 2.39. The average molecular weight is 360 g/mol. The first-order valence-electron chi connectivity index (χ1n) is 4.89. The van der Waals surface area contributed by atoms with Crippen LogP contribution in [0.15, 0.2) is 48.5 Å². The van der Waals surface area contributed by atoms with Crippen molar-refractivity contribution in [1.29, 1.82) is 0 Å². The van der Waals surface area contributed by atoms with E-state index in [1.807, 2.05) is 62.4 Å². The molecule has 0 saturated heterocycles. The molecule has 0 spiro atoms. The van der Waals surface area contributed by atoms with Crippen LogP contribution in [-0.2, 0) is 15.9 Å².